The van der Waals surface area contributed by atoms with Crippen molar-refractivity contribution in [1.29, 1.82) is 0 Å². The summed E-state index contributed by atoms with van der Waals surface area (Å²) in [5.41, 5.74) is 1.51. The number of carbonyl (C=O) groups excluding carboxylic acids is 1. The van der Waals surface area contributed by atoms with Gasteiger partial charge in [0.25, 0.3) is 5.91 Å². The number of carbonyl (C=O) groups is 1. The summed E-state index contributed by atoms with van der Waals surface area (Å²) in [6.45, 7) is 1.59. The minimum Gasteiger partial charge on any atom is -0.272 e. The van der Waals surface area contributed by atoms with E-state index in [4.69, 9.17) is 0 Å². The number of rotatable bonds is 4. The highest BCUT2D eigenvalue weighted by Crippen LogP contribution is 2.17. The summed E-state index contributed by atoms with van der Waals surface area (Å²) in [6.07, 6.45) is 3.57. The summed E-state index contributed by atoms with van der Waals surface area (Å²) in [4.78, 5) is 10.9. The Morgan fingerprint density at radius 2 is 2.29 bits per heavy atom. The van der Waals surface area contributed by atoms with Crippen LogP contribution in [0.15, 0.2) is 28.7 Å². The molecule has 0 aliphatic heterocycles. The molecule has 1 N–H and O–H groups in total. The quantitative estimate of drug-likeness (QED) is 0.846. The summed E-state index contributed by atoms with van der Waals surface area (Å²) in [7, 11) is 0. The Bertz CT molecular complexity index is 435. The summed E-state index contributed by atoms with van der Waals surface area (Å²) in [5.74, 6) is -1.50. The lowest BCUT2D eigenvalue weighted by Crippen LogP contribution is -2.21. The first-order chi connectivity index (χ1) is 8.04. The van der Waals surface area contributed by atoms with Crippen LogP contribution in [0.1, 0.15) is 18.9 Å². The van der Waals surface area contributed by atoms with Crippen molar-refractivity contribution in [2.45, 2.75) is 13.3 Å². The Labute approximate surface area is 107 Å². The third-order valence-corrected chi connectivity index (χ3v) is 2.78. The number of halogens is 3. The molecule has 0 bridgehead atoms. The van der Waals surface area contributed by atoms with Crippen molar-refractivity contribution in [2.24, 2.45) is 5.92 Å². The molecule has 1 atom stereocenters. The van der Waals surface area contributed by atoms with Crippen molar-refractivity contribution in [1.82, 2.24) is 5.54 Å². The molecule has 0 heterocycles. The van der Waals surface area contributed by atoms with Gasteiger partial charge in [-0.25, -0.2) is 4.39 Å². The topological polar surface area (TPSA) is 29.1 Å². The highest BCUT2D eigenvalue weighted by Gasteiger charge is 2.09. The summed E-state index contributed by atoms with van der Waals surface area (Å²) < 4.78 is 25.9. The molecule has 0 fully saturated rings. The molecule has 0 aliphatic carbocycles. The number of hydrogen-bond acceptors (Lipinski definition) is 1. The maximum absolute atomic E-state index is 13.4. The zero-order chi connectivity index (χ0) is 12.8. The molecule has 0 spiro atoms. The third-order valence-electron chi connectivity index (χ3n) is 2.29. The molecule has 1 amide bonds. The van der Waals surface area contributed by atoms with E-state index in [1.165, 1.54) is 6.07 Å². The van der Waals surface area contributed by atoms with E-state index in [-0.39, 0.29) is 5.82 Å². The first-order valence-electron chi connectivity index (χ1n) is 5.06. The fraction of sp³-hybridized carbons (Fsp3) is 0.250. The Morgan fingerprint density at radius 3 is 2.88 bits per heavy atom. The molecule has 0 aromatic heterocycles. The van der Waals surface area contributed by atoms with Gasteiger partial charge in [-0.2, -0.15) is 5.54 Å². The van der Waals surface area contributed by atoms with E-state index in [1.54, 1.807) is 31.2 Å². The standard InChI is InChI=1S/C12H12BrF2NO/c1-8(12(17)16-15)3-2-4-9-5-6-10(13)7-11(9)14/h2,4-8H,3H2,1H3,(H,16,17)/b4-2+/t8-/m0/s1. The van der Waals surface area contributed by atoms with Crippen LogP contribution in [0.2, 0.25) is 0 Å². The van der Waals surface area contributed by atoms with E-state index in [1.807, 2.05) is 0 Å². The SMILES string of the molecule is C[C@@H](C/C=C/c1ccc(Br)cc1F)C(=O)NF. The van der Waals surface area contributed by atoms with Crippen LogP contribution in [-0.4, -0.2) is 5.91 Å². The molecule has 1 aromatic carbocycles. The monoisotopic (exact) mass is 303 g/mol. The predicted octanol–water partition coefficient (Wildman–Crippen LogP) is 3.63. The van der Waals surface area contributed by atoms with Crippen molar-refractivity contribution >= 4 is 27.9 Å². The minimum absolute atomic E-state index is 0.349. The molecule has 1 aromatic rings. The van der Waals surface area contributed by atoms with Crippen molar-refractivity contribution in [3.8, 4) is 0 Å². The molecule has 2 nitrogen and oxygen atoms in total. The lowest BCUT2D eigenvalue weighted by molar-refractivity contribution is -0.128. The van der Waals surface area contributed by atoms with Crippen LogP contribution in [0.5, 0.6) is 0 Å². The van der Waals surface area contributed by atoms with Gasteiger partial charge in [0.1, 0.15) is 5.82 Å². The Kier molecular flexibility index (Phi) is 5.28. The average Bonchev–Trinajstić information content (AvgIpc) is 2.30. The van der Waals surface area contributed by atoms with Gasteiger partial charge in [0.15, 0.2) is 0 Å². The minimum atomic E-state index is -0.675. The number of amides is 1. The summed E-state index contributed by atoms with van der Waals surface area (Å²) in [5, 5.41) is 0. The first kappa shape index (κ1) is 13.8. The molecule has 1 rings (SSSR count). The predicted molar refractivity (Wildman–Crippen MR) is 66.2 cm³/mol. The van der Waals surface area contributed by atoms with Gasteiger partial charge >= 0.3 is 0 Å². The van der Waals surface area contributed by atoms with Crippen LogP contribution >= 0.6 is 15.9 Å². The van der Waals surface area contributed by atoms with E-state index in [0.29, 0.717) is 16.5 Å². The van der Waals surface area contributed by atoms with E-state index in [9.17, 15) is 13.7 Å². The van der Waals surface area contributed by atoms with Crippen molar-refractivity contribution in [2.75, 3.05) is 0 Å². The van der Waals surface area contributed by atoms with Gasteiger partial charge in [-0.15, -0.1) is 4.48 Å². The fourth-order valence-corrected chi connectivity index (χ4v) is 1.57. The summed E-state index contributed by atoms with van der Waals surface area (Å²) >= 11 is 3.16. The van der Waals surface area contributed by atoms with Crippen LogP contribution < -0.4 is 5.54 Å². The first-order valence-corrected chi connectivity index (χ1v) is 5.86. The van der Waals surface area contributed by atoms with Gasteiger partial charge in [-0.1, -0.05) is 41.1 Å². The van der Waals surface area contributed by atoms with Crippen LogP contribution in [0.25, 0.3) is 6.08 Å². The van der Waals surface area contributed by atoms with Crippen LogP contribution in [0.3, 0.4) is 0 Å². The number of benzene rings is 1. The van der Waals surface area contributed by atoms with Gasteiger partial charge < -0.3 is 0 Å². The lowest BCUT2D eigenvalue weighted by atomic mass is 10.1. The second kappa shape index (κ2) is 6.49. The maximum Gasteiger partial charge on any atom is 0.250 e. The fourth-order valence-electron chi connectivity index (χ4n) is 1.24. The lowest BCUT2D eigenvalue weighted by Gasteiger charge is -2.03. The molecule has 5 heteroatoms. The Morgan fingerprint density at radius 1 is 1.59 bits per heavy atom. The van der Waals surface area contributed by atoms with Crippen molar-refractivity contribution < 1.29 is 13.7 Å². The van der Waals surface area contributed by atoms with Crippen LogP contribution in [-0.2, 0) is 4.79 Å². The highest BCUT2D eigenvalue weighted by molar-refractivity contribution is 9.10. The normalized spacial score (nSPS) is 12.7. The van der Waals surface area contributed by atoms with Gasteiger partial charge in [0.05, 0.1) is 0 Å². The number of hydrogen-bond donors (Lipinski definition) is 1. The van der Waals surface area contributed by atoms with Gasteiger partial charge in [0, 0.05) is 16.0 Å². The Hall–Kier alpha value is -1.23. The van der Waals surface area contributed by atoms with Gasteiger partial charge in [0.2, 0.25) is 0 Å². The van der Waals surface area contributed by atoms with Gasteiger partial charge in [-0.05, 0) is 18.6 Å². The van der Waals surface area contributed by atoms with E-state index < -0.39 is 11.8 Å². The summed E-state index contributed by atoms with van der Waals surface area (Å²) in [6, 6.07) is 4.70. The molecule has 17 heavy (non-hydrogen) atoms. The molecule has 0 aliphatic rings. The molecule has 0 saturated carbocycles. The average molecular weight is 304 g/mol. The molecule has 0 unspecified atom stereocenters. The maximum atomic E-state index is 13.4. The van der Waals surface area contributed by atoms with E-state index in [2.05, 4.69) is 15.9 Å². The number of nitrogens with one attached hydrogen (secondary N) is 1. The zero-order valence-electron chi connectivity index (χ0n) is 9.21. The smallest absolute Gasteiger partial charge is 0.250 e. The molecular formula is C12H12BrF2NO. The van der Waals surface area contributed by atoms with Crippen molar-refractivity contribution in [3.05, 3.63) is 40.1 Å². The largest absolute Gasteiger partial charge is 0.272 e. The Balaban J connectivity index is 2.62. The van der Waals surface area contributed by atoms with Crippen molar-refractivity contribution in [3.63, 3.8) is 0 Å². The highest BCUT2D eigenvalue weighted by atomic mass is 79.9. The molecule has 0 saturated heterocycles. The van der Waals surface area contributed by atoms with Crippen LogP contribution in [0.4, 0.5) is 8.87 Å². The third kappa shape index (κ3) is 4.26. The van der Waals surface area contributed by atoms with E-state index in [0.717, 1.165) is 5.54 Å². The second-order valence-electron chi connectivity index (χ2n) is 3.66. The number of allylic oxidation sites excluding steroid dienone is 1. The second-order valence-corrected chi connectivity index (χ2v) is 4.58. The van der Waals surface area contributed by atoms with E-state index >= 15 is 0 Å². The molecular weight excluding hydrogens is 292 g/mol. The van der Waals surface area contributed by atoms with Crippen LogP contribution in [0, 0.1) is 11.7 Å². The molecule has 0 radical (unpaired) electrons. The molecule has 92 valence electrons. The van der Waals surface area contributed by atoms with Gasteiger partial charge in [-0.3, -0.25) is 4.79 Å². The zero-order valence-corrected chi connectivity index (χ0v) is 10.8.